The first kappa shape index (κ1) is 20.0. The lowest BCUT2D eigenvalue weighted by molar-refractivity contribution is 0.298. The van der Waals surface area contributed by atoms with Crippen molar-refractivity contribution in [2.24, 2.45) is 11.0 Å². The van der Waals surface area contributed by atoms with Crippen molar-refractivity contribution in [1.82, 2.24) is 4.98 Å². The molecular weight excluding hydrogens is 404 g/mol. The Bertz CT molecular complexity index is 1290. The van der Waals surface area contributed by atoms with Crippen molar-refractivity contribution in [2.45, 2.75) is 25.8 Å². The molecule has 1 saturated carbocycles. The van der Waals surface area contributed by atoms with Gasteiger partial charge >= 0.3 is 0 Å². The normalized spacial score (nSPS) is 14.0. The molecule has 0 radical (unpaired) electrons. The van der Waals surface area contributed by atoms with E-state index in [9.17, 15) is 0 Å². The van der Waals surface area contributed by atoms with Gasteiger partial charge in [0, 0.05) is 16.5 Å². The molecule has 4 aromatic rings. The molecule has 1 fully saturated rings. The predicted octanol–water partition coefficient (Wildman–Crippen LogP) is 7.45. The largest absolute Gasteiger partial charge is 0.493 e. The first-order chi connectivity index (χ1) is 15.7. The summed E-state index contributed by atoms with van der Waals surface area (Å²) < 4.78 is 17.8. The SMILES string of the molecule is CC(N=[N+]=[N-])c1ccc2nc(-c3ccc(Oc4cccc(OCC5CC5)c4)cc3)oc2c1. The Kier molecular flexibility index (Phi) is 5.40. The Morgan fingerprint density at radius 2 is 1.88 bits per heavy atom. The van der Waals surface area contributed by atoms with E-state index >= 15 is 0 Å². The van der Waals surface area contributed by atoms with E-state index in [-0.39, 0.29) is 6.04 Å². The van der Waals surface area contributed by atoms with Crippen molar-refractivity contribution in [3.63, 3.8) is 0 Å². The number of azide groups is 1. The Morgan fingerprint density at radius 3 is 2.66 bits per heavy atom. The highest BCUT2D eigenvalue weighted by molar-refractivity contribution is 5.77. The number of ether oxygens (including phenoxy) is 2. The van der Waals surface area contributed by atoms with Crippen LogP contribution in [0.1, 0.15) is 31.4 Å². The van der Waals surface area contributed by atoms with Gasteiger partial charge in [0.2, 0.25) is 5.89 Å². The summed E-state index contributed by atoms with van der Waals surface area (Å²) in [5, 5.41) is 3.73. The third-order valence-corrected chi connectivity index (χ3v) is 5.44. The number of hydrogen-bond donors (Lipinski definition) is 0. The highest BCUT2D eigenvalue weighted by Crippen LogP contribution is 2.32. The second-order valence-electron chi connectivity index (χ2n) is 7.98. The number of oxazole rings is 1. The van der Waals surface area contributed by atoms with Crippen LogP contribution in [0.15, 0.2) is 76.3 Å². The van der Waals surface area contributed by atoms with Gasteiger partial charge in [-0.15, -0.1) is 0 Å². The summed E-state index contributed by atoms with van der Waals surface area (Å²) in [5.41, 5.74) is 11.8. The van der Waals surface area contributed by atoms with Crippen molar-refractivity contribution in [1.29, 1.82) is 0 Å². The van der Waals surface area contributed by atoms with Crippen molar-refractivity contribution in [3.8, 4) is 28.7 Å². The molecule has 160 valence electrons. The molecule has 0 spiro atoms. The average Bonchev–Trinajstić information content (AvgIpc) is 3.55. The number of aromatic nitrogens is 1. The maximum absolute atomic E-state index is 8.65. The number of nitrogens with zero attached hydrogens (tertiary/aromatic N) is 4. The van der Waals surface area contributed by atoms with E-state index in [1.807, 2.05) is 73.7 Å². The third kappa shape index (κ3) is 4.53. The molecule has 1 unspecified atom stereocenters. The molecule has 3 aromatic carbocycles. The first-order valence-corrected chi connectivity index (χ1v) is 10.6. The smallest absolute Gasteiger partial charge is 0.227 e. The summed E-state index contributed by atoms with van der Waals surface area (Å²) in [4.78, 5) is 7.43. The topological polar surface area (TPSA) is 93.3 Å². The summed E-state index contributed by atoms with van der Waals surface area (Å²) in [5.74, 6) is 3.51. The second-order valence-corrected chi connectivity index (χ2v) is 7.98. The summed E-state index contributed by atoms with van der Waals surface area (Å²) >= 11 is 0. The minimum atomic E-state index is -0.271. The van der Waals surface area contributed by atoms with Crippen molar-refractivity contribution < 1.29 is 13.9 Å². The van der Waals surface area contributed by atoms with Crippen LogP contribution in [0.2, 0.25) is 0 Å². The Hall–Kier alpha value is -3.96. The Morgan fingerprint density at radius 1 is 1.06 bits per heavy atom. The van der Waals surface area contributed by atoms with Gasteiger partial charge in [-0.2, -0.15) is 0 Å². The molecule has 0 amide bonds. The predicted molar refractivity (Wildman–Crippen MR) is 122 cm³/mol. The van der Waals surface area contributed by atoms with E-state index in [4.69, 9.17) is 19.4 Å². The summed E-state index contributed by atoms with van der Waals surface area (Å²) in [6, 6.07) is 20.7. The van der Waals surface area contributed by atoms with E-state index < -0.39 is 0 Å². The lowest BCUT2D eigenvalue weighted by Crippen LogP contribution is -1.98. The molecule has 32 heavy (non-hydrogen) atoms. The fourth-order valence-electron chi connectivity index (χ4n) is 3.40. The lowest BCUT2D eigenvalue weighted by atomic mass is 10.1. The molecule has 1 aliphatic rings. The highest BCUT2D eigenvalue weighted by atomic mass is 16.5. The number of rotatable bonds is 8. The molecule has 7 heteroatoms. The van der Waals surface area contributed by atoms with Crippen LogP contribution in [0.4, 0.5) is 0 Å². The van der Waals surface area contributed by atoms with E-state index in [0.717, 1.165) is 40.5 Å². The molecule has 0 bridgehead atoms. The first-order valence-electron chi connectivity index (χ1n) is 10.6. The lowest BCUT2D eigenvalue weighted by Gasteiger charge is -2.09. The zero-order chi connectivity index (χ0) is 21.9. The van der Waals surface area contributed by atoms with Crippen LogP contribution in [-0.4, -0.2) is 11.6 Å². The quantitative estimate of drug-likeness (QED) is 0.166. The van der Waals surface area contributed by atoms with E-state index in [1.165, 1.54) is 12.8 Å². The molecule has 1 atom stereocenters. The van der Waals surface area contributed by atoms with E-state index in [0.29, 0.717) is 17.4 Å². The minimum Gasteiger partial charge on any atom is -0.493 e. The highest BCUT2D eigenvalue weighted by Gasteiger charge is 2.21. The standard InChI is InChI=1S/C25H22N4O3/c1-16(28-29-26)19-9-12-23-24(13-19)32-25(27-23)18-7-10-20(11-8-18)31-22-4-2-3-21(14-22)30-15-17-5-6-17/h2-4,7-14,16-17H,5-6,15H2,1H3. The minimum absolute atomic E-state index is 0.271. The molecule has 1 heterocycles. The van der Waals surface area contributed by atoms with E-state index in [1.54, 1.807) is 0 Å². The molecule has 1 aliphatic carbocycles. The monoisotopic (exact) mass is 426 g/mol. The van der Waals surface area contributed by atoms with Gasteiger partial charge in [0.15, 0.2) is 5.58 Å². The van der Waals surface area contributed by atoms with Crippen molar-refractivity contribution in [2.75, 3.05) is 6.61 Å². The summed E-state index contributed by atoms with van der Waals surface area (Å²) in [6.07, 6.45) is 2.53. The average molecular weight is 426 g/mol. The van der Waals surface area contributed by atoms with Gasteiger partial charge in [-0.25, -0.2) is 4.98 Å². The van der Waals surface area contributed by atoms with Crippen LogP contribution in [0.3, 0.4) is 0 Å². The Labute approximate surface area is 185 Å². The molecular formula is C25H22N4O3. The zero-order valence-corrected chi connectivity index (χ0v) is 17.6. The zero-order valence-electron chi connectivity index (χ0n) is 17.6. The van der Waals surface area contributed by atoms with Gasteiger partial charge in [0.05, 0.1) is 12.6 Å². The third-order valence-electron chi connectivity index (χ3n) is 5.44. The molecule has 0 aliphatic heterocycles. The number of benzene rings is 3. The van der Waals surface area contributed by atoms with Crippen molar-refractivity contribution in [3.05, 3.63) is 82.7 Å². The molecule has 0 N–H and O–H groups in total. The maximum atomic E-state index is 8.65. The summed E-state index contributed by atoms with van der Waals surface area (Å²) in [7, 11) is 0. The molecule has 0 saturated heterocycles. The fraction of sp³-hybridized carbons (Fsp3) is 0.240. The van der Waals surface area contributed by atoms with E-state index in [2.05, 4.69) is 15.0 Å². The van der Waals surface area contributed by atoms with Gasteiger partial charge in [0.25, 0.3) is 0 Å². The van der Waals surface area contributed by atoms with Gasteiger partial charge < -0.3 is 13.9 Å². The maximum Gasteiger partial charge on any atom is 0.227 e. The summed E-state index contributed by atoms with van der Waals surface area (Å²) in [6.45, 7) is 2.61. The van der Waals surface area contributed by atoms with Gasteiger partial charge in [-0.05, 0) is 78.4 Å². The molecule has 1 aromatic heterocycles. The number of fused-ring (bicyclic) bond motifs is 1. The Balaban J connectivity index is 1.30. The van der Waals surface area contributed by atoms with Gasteiger partial charge in [-0.1, -0.05) is 24.2 Å². The fourth-order valence-corrected chi connectivity index (χ4v) is 3.40. The van der Waals surface area contributed by atoms with Crippen LogP contribution in [-0.2, 0) is 0 Å². The van der Waals surface area contributed by atoms with Gasteiger partial charge in [0.1, 0.15) is 22.8 Å². The van der Waals surface area contributed by atoms with Crippen LogP contribution in [0.25, 0.3) is 33.0 Å². The van der Waals surface area contributed by atoms with Gasteiger partial charge in [-0.3, -0.25) is 0 Å². The van der Waals surface area contributed by atoms with Crippen LogP contribution < -0.4 is 9.47 Å². The number of hydrogen-bond acceptors (Lipinski definition) is 5. The van der Waals surface area contributed by atoms with Crippen LogP contribution >= 0.6 is 0 Å². The second kappa shape index (κ2) is 8.65. The molecule has 7 nitrogen and oxygen atoms in total. The van der Waals surface area contributed by atoms with Crippen LogP contribution in [0.5, 0.6) is 17.2 Å². The van der Waals surface area contributed by atoms with Crippen molar-refractivity contribution >= 4 is 11.1 Å². The molecule has 5 rings (SSSR count). The van der Waals surface area contributed by atoms with Crippen LogP contribution in [0, 0.1) is 5.92 Å².